The van der Waals surface area contributed by atoms with Crippen LogP contribution in [0.2, 0.25) is 0 Å². The zero-order valence-corrected chi connectivity index (χ0v) is 18.1. The number of anilines is 1. The van der Waals surface area contributed by atoms with Gasteiger partial charge in [0.15, 0.2) is 5.78 Å². The van der Waals surface area contributed by atoms with Gasteiger partial charge in [-0.25, -0.2) is 0 Å². The number of hydrogen-bond acceptors (Lipinski definition) is 6. The van der Waals surface area contributed by atoms with Crippen molar-refractivity contribution in [3.63, 3.8) is 0 Å². The van der Waals surface area contributed by atoms with Crippen LogP contribution in [0.1, 0.15) is 35.7 Å². The zero-order chi connectivity index (χ0) is 23.3. The molecule has 2 aromatic carbocycles. The molecule has 0 spiro atoms. The summed E-state index contributed by atoms with van der Waals surface area (Å²) in [4.78, 5) is 54.6. The summed E-state index contributed by atoms with van der Waals surface area (Å²) in [6, 6.07) is 11.8. The van der Waals surface area contributed by atoms with E-state index in [2.05, 4.69) is 0 Å². The van der Waals surface area contributed by atoms with Crippen LogP contribution in [0.25, 0.3) is 6.08 Å². The number of benzene rings is 2. The molecule has 0 aliphatic carbocycles. The summed E-state index contributed by atoms with van der Waals surface area (Å²) in [7, 11) is 0. The molecule has 0 saturated carbocycles. The number of para-hydroxylation sites is 1. The molecule has 8 nitrogen and oxygen atoms in total. The summed E-state index contributed by atoms with van der Waals surface area (Å²) in [5.41, 5.74) is 1.65. The fourth-order valence-electron chi connectivity index (χ4n) is 5.36. The quantitative estimate of drug-likeness (QED) is 0.292. The second-order valence-electron chi connectivity index (χ2n) is 8.67. The lowest BCUT2D eigenvalue weighted by Crippen LogP contribution is -2.48. The summed E-state index contributed by atoms with van der Waals surface area (Å²) in [5.74, 6) is -2.46. The lowest BCUT2D eigenvalue weighted by atomic mass is 9.86. The van der Waals surface area contributed by atoms with Gasteiger partial charge >= 0.3 is 0 Å². The maximum absolute atomic E-state index is 13.8. The molecule has 2 fully saturated rings. The van der Waals surface area contributed by atoms with Crippen molar-refractivity contribution in [3.05, 3.63) is 75.8 Å². The number of unbranched alkanes of at least 4 members (excludes halogenated alkanes) is 1. The van der Waals surface area contributed by atoms with Gasteiger partial charge in [0.05, 0.1) is 22.8 Å². The molecule has 0 N–H and O–H groups in total. The van der Waals surface area contributed by atoms with Crippen LogP contribution >= 0.6 is 0 Å². The average molecular weight is 445 g/mol. The minimum absolute atomic E-state index is 0.160. The zero-order valence-electron chi connectivity index (χ0n) is 18.1. The lowest BCUT2D eigenvalue weighted by Gasteiger charge is -2.36. The summed E-state index contributed by atoms with van der Waals surface area (Å²) >= 11 is 0. The molecule has 33 heavy (non-hydrogen) atoms. The number of hydrogen-bond donors (Lipinski definition) is 0. The molecule has 0 aromatic heterocycles. The number of ketones is 1. The molecular formula is C25H23N3O5. The van der Waals surface area contributed by atoms with E-state index in [0.29, 0.717) is 13.0 Å². The topological polar surface area (TPSA) is 101 Å². The fourth-order valence-corrected chi connectivity index (χ4v) is 5.36. The molecule has 0 unspecified atom stereocenters. The molecule has 3 aliphatic heterocycles. The molecule has 3 aliphatic rings. The van der Waals surface area contributed by atoms with Gasteiger partial charge in [0.25, 0.3) is 5.69 Å². The van der Waals surface area contributed by atoms with E-state index < -0.39 is 28.8 Å². The van der Waals surface area contributed by atoms with Crippen molar-refractivity contribution < 1.29 is 19.3 Å². The van der Waals surface area contributed by atoms with E-state index in [-0.39, 0.29) is 28.8 Å². The van der Waals surface area contributed by atoms with E-state index in [9.17, 15) is 24.5 Å². The molecule has 4 atom stereocenters. The first-order valence-electron chi connectivity index (χ1n) is 11.1. The van der Waals surface area contributed by atoms with E-state index in [0.717, 1.165) is 17.7 Å². The van der Waals surface area contributed by atoms with Crippen molar-refractivity contribution in [1.82, 2.24) is 4.90 Å². The van der Waals surface area contributed by atoms with Crippen LogP contribution in [-0.4, -0.2) is 46.0 Å². The Morgan fingerprint density at radius 1 is 1.06 bits per heavy atom. The number of amides is 2. The Labute approximate surface area is 190 Å². The van der Waals surface area contributed by atoms with Crippen LogP contribution < -0.4 is 4.90 Å². The molecule has 3 heterocycles. The number of imide groups is 1. The van der Waals surface area contributed by atoms with Crippen molar-refractivity contribution in [3.8, 4) is 0 Å². The SMILES string of the molecule is CCCCN1C(=O)[C@@H]2[C@H](C1=O)[C@@H](C(=O)c1cccc([N+](=O)[O-])c1)N1c3ccccc3C=C[C@H]21. The van der Waals surface area contributed by atoms with Gasteiger partial charge in [0, 0.05) is 29.9 Å². The molecule has 168 valence electrons. The standard InChI is InChI=1S/C25H23N3O5/c1-2-3-13-26-24(30)20-19-12-11-15-7-4-5-10-18(15)27(19)22(21(20)25(26)31)23(29)16-8-6-9-17(14-16)28(32)33/h4-12,14,19-22H,2-3,13H2,1H3/t19-,20+,21+,22+/m1/s1. The first-order chi connectivity index (χ1) is 15.9. The molecule has 2 amide bonds. The number of nitro benzene ring substituents is 1. The van der Waals surface area contributed by atoms with E-state index in [1.807, 2.05) is 48.2 Å². The van der Waals surface area contributed by atoms with Gasteiger partial charge in [0.2, 0.25) is 11.8 Å². The van der Waals surface area contributed by atoms with Gasteiger partial charge in [-0.2, -0.15) is 0 Å². The first-order valence-corrected chi connectivity index (χ1v) is 11.1. The average Bonchev–Trinajstić information content (AvgIpc) is 3.30. The second kappa shape index (κ2) is 7.95. The molecule has 2 saturated heterocycles. The van der Waals surface area contributed by atoms with Gasteiger partial charge < -0.3 is 4.90 Å². The third kappa shape index (κ3) is 3.16. The number of carbonyl (C=O) groups is 3. The lowest BCUT2D eigenvalue weighted by molar-refractivity contribution is -0.384. The third-order valence-electron chi connectivity index (χ3n) is 6.85. The molecular weight excluding hydrogens is 422 g/mol. The van der Waals surface area contributed by atoms with Gasteiger partial charge in [-0.3, -0.25) is 29.4 Å². The Morgan fingerprint density at radius 3 is 2.58 bits per heavy atom. The van der Waals surface area contributed by atoms with Gasteiger partial charge in [-0.1, -0.05) is 55.8 Å². The van der Waals surface area contributed by atoms with Crippen LogP contribution in [0, 0.1) is 22.0 Å². The van der Waals surface area contributed by atoms with Crippen molar-refractivity contribution in [1.29, 1.82) is 0 Å². The number of likely N-dealkylation sites (tertiary alicyclic amines) is 1. The maximum Gasteiger partial charge on any atom is 0.270 e. The van der Waals surface area contributed by atoms with E-state index in [1.165, 1.54) is 29.2 Å². The van der Waals surface area contributed by atoms with Crippen molar-refractivity contribution in [2.45, 2.75) is 31.8 Å². The minimum Gasteiger partial charge on any atom is -0.352 e. The second-order valence-corrected chi connectivity index (χ2v) is 8.67. The third-order valence-corrected chi connectivity index (χ3v) is 6.85. The highest BCUT2D eigenvalue weighted by Crippen LogP contribution is 2.49. The monoisotopic (exact) mass is 445 g/mol. The van der Waals surface area contributed by atoms with E-state index in [1.54, 1.807) is 0 Å². The highest BCUT2D eigenvalue weighted by Gasteiger charge is 2.63. The largest absolute Gasteiger partial charge is 0.352 e. The molecule has 0 bridgehead atoms. The van der Waals surface area contributed by atoms with E-state index >= 15 is 0 Å². The Balaban J connectivity index is 1.62. The van der Waals surface area contributed by atoms with Crippen LogP contribution in [0.5, 0.6) is 0 Å². The highest BCUT2D eigenvalue weighted by atomic mass is 16.6. The first kappa shape index (κ1) is 21.1. The normalized spacial score (nSPS) is 25.1. The summed E-state index contributed by atoms with van der Waals surface area (Å²) in [5, 5.41) is 11.3. The molecule has 8 heteroatoms. The van der Waals surface area contributed by atoms with Gasteiger partial charge in [-0.05, 0) is 18.1 Å². The van der Waals surface area contributed by atoms with Crippen LogP contribution in [0.3, 0.4) is 0 Å². The predicted molar refractivity (Wildman–Crippen MR) is 122 cm³/mol. The van der Waals surface area contributed by atoms with E-state index in [4.69, 9.17) is 0 Å². The number of carbonyl (C=O) groups excluding carboxylic acids is 3. The molecule has 2 aromatic rings. The summed E-state index contributed by atoms with van der Waals surface area (Å²) in [6.45, 7) is 2.33. The fraction of sp³-hybridized carbons (Fsp3) is 0.320. The molecule has 5 rings (SSSR count). The Morgan fingerprint density at radius 2 is 1.82 bits per heavy atom. The van der Waals surface area contributed by atoms with Crippen LogP contribution in [0.15, 0.2) is 54.6 Å². The number of non-ortho nitro benzene ring substituents is 1. The Hall–Kier alpha value is -3.81. The molecule has 0 radical (unpaired) electrons. The number of nitrogens with zero attached hydrogens (tertiary/aromatic N) is 3. The summed E-state index contributed by atoms with van der Waals surface area (Å²) in [6.07, 6.45) is 5.37. The maximum atomic E-state index is 13.8. The minimum atomic E-state index is -0.920. The van der Waals surface area contributed by atoms with Crippen LogP contribution in [-0.2, 0) is 9.59 Å². The number of nitro groups is 1. The predicted octanol–water partition coefficient (Wildman–Crippen LogP) is 3.46. The number of fused-ring (bicyclic) bond motifs is 5. The Kier molecular flexibility index (Phi) is 5.08. The van der Waals surface area contributed by atoms with Crippen LogP contribution in [0.4, 0.5) is 11.4 Å². The summed E-state index contributed by atoms with van der Waals surface area (Å²) < 4.78 is 0. The van der Waals surface area contributed by atoms with Crippen molar-refractivity contribution in [2.24, 2.45) is 11.8 Å². The smallest absolute Gasteiger partial charge is 0.270 e. The van der Waals surface area contributed by atoms with Crippen molar-refractivity contribution >= 4 is 35.0 Å². The van der Waals surface area contributed by atoms with Gasteiger partial charge in [0.1, 0.15) is 6.04 Å². The van der Waals surface area contributed by atoms with Gasteiger partial charge in [-0.15, -0.1) is 0 Å². The van der Waals surface area contributed by atoms with Crippen molar-refractivity contribution in [2.75, 3.05) is 11.4 Å². The number of rotatable bonds is 6. The highest BCUT2D eigenvalue weighted by molar-refractivity contribution is 6.14. The number of Topliss-reactive ketones (excluding diaryl/α,β-unsaturated/α-hetero) is 1. The Bertz CT molecular complexity index is 1210.